The van der Waals surface area contributed by atoms with Gasteiger partial charge in [-0.3, -0.25) is 0 Å². The van der Waals surface area contributed by atoms with Gasteiger partial charge in [-0.1, -0.05) is 48.4 Å². The Morgan fingerprint density at radius 2 is 1.81 bits per heavy atom. The minimum absolute atomic E-state index is 0.0150. The summed E-state index contributed by atoms with van der Waals surface area (Å²) in [4.78, 5) is 9.62. The molecule has 2 fully saturated rings. The van der Waals surface area contributed by atoms with Gasteiger partial charge in [-0.15, -0.1) is 0 Å². The number of hydrogen-bond donors (Lipinski definition) is 0. The molecule has 0 atom stereocenters. The third-order valence-corrected chi connectivity index (χ3v) is 6.42. The predicted molar refractivity (Wildman–Crippen MR) is 92.8 cm³/mol. The van der Waals surface area contributed by atoms with E-state index >= 15 is 0 Å². The highest BCUT2D eigenvalue weighted by atomic mass is 127. The molecule has 1 heterocycles. The maximum atomic E-state index is 6.41. The van der Waals surface area contributed by atoms with Crippen LogP contribution in [-0.4, -0.2) is 9.97 Å². The molecule has 0 unspecified atom stereocenters. The molecule has 108 valence electrons. The third-order valence-electron chi connectivity index (χ3n) is 4.76. The largest absolute Gasteiger partial charge is 0.235 e. The van der Waals surface area contributed by atoms with Crippen molar-refractivity contribution in [2.75, 3.05) is 0 Å². The Morgan fingerprint density at radius 3 is 2.38 bits per heavy atom. The van der Waals surface area contributed by atoms with E-state index in [4.69, 9.17) is 16.6 Å². The van der Waals surface area contributed by atoms with Crippen LogP contribution < -0.4 is 0 Å². The van der Waals surface area contributed by atoms with E-state index < -0.39 is 0 Å². The van der Waals surface area contributed by atoms with Crippen LogP contribution in [-0.2, 0) is 5.41 Å². The molecule has 0 amide bonds. The lowest BCUT2D eigenvalue weighted by molar-refractivity contribution is 0.284. The molecule has 2 aromatic rings. The standard InChI is InChI=1S/C17H16ClIN2/c18-15-13(19)14(11-7-8-11)20-16(21-15)17(9-4-10-17)12-5-2-1-3-6-12/h1-3,5-6,11H,4,7-10H2. The molecule has 0 radical (unpaired) electrons. The molecule has 0 bridgehead atoms. The van der Waals surface area contributed by atoms with Crippen LogP contribution in [0.15, 0.2) is 30.3 Å². The summed E-state index contributed by atoms with van der Waals surface area (Å²) in [6.45, 7) is 0. The van der Waals surface area contributed by atoms with E-state index in [2.05, 4.69) is 57.9 Å². The van der Waals surface area contributed by atoms with Crippen LogP contribution in [0.2, 0.25) is 5.15 Å². The highest BCUT2D eigenvalue weighted by Gasteiger charge is 2.44. The van der Waals surface area contributed by atoms with Crippen molar-refractivity contribution in [3.63, 3.8) is 0 Å². The van der Waals surface area contributed by atoms with Crippen molar-refractivity contribution >= 4 is 34.2 Å². The first-order valence-corrected chi connectivity index (χ1v) is 8.95. The summed E-state index contributed by atoms with van der Waals surface area (Å²) in [5.74, 6) is 1.54. The molecule has 2 aliphatic rings. The Kier molecular flexibility index (Phi) is 3.45. The maximum absolute atomic E-state index is 6.41. The first kappa shape index (κ1) is 13.9. The Bertz CT molecular complexity index is 679. The van der Waals surface area contributed by atoms with Crippen molar-refractivity contribution in [3.05, 3.63) is 56.1 Å². The Labute approximate surface area is 143 Å². The zero-order chi connectivity index (χ0) is 14.4. The highest BCUT2D eigenvalue weighted by Crippen LogP contribution is 2.49. The summed E-state index contributed by atoms with van der Waals surface area (Å²) in [6, 6.07) is 10.7. The average Bonchev–Trinajstić information content (AvgIpc) is 3.27. The van der Waals surface area contributed by atoms with Gasteiger partial charge in [0.2, 0.25) is 0 Å². The van der Waals surface area contributed by atoms with Gasteiger partial charge >= 0.3 is 0 Å². The first-order chi connectivity index (χ1) is 10.2. The second-order valence-corrected chi connectivity index (χ2v) is 7.55. The Morgan fingerprint density at radius 1 is 1.10 bits per heavy atom. The van der Waals surface area contributed by atoms with Gasteiger partial charge < -0.3 is 0 Å². The van der Waals surface area contributed by atoms with Crippen LogP contribution in [0.25, 0.3) is 0 Å². The van der Waals surface area contributed by atoms with Crippen LogP contribution in [0, 0.1) is 3.57 Å². The monoisotopic (exact) mass is 410 g/mol. The summed E-state index contributed by atoms with van der Waals surface area (Å²) in [6.07, 6.45) is 5.96. The lowest BCUT2D eigenvalue weighted by atomic mass is 9.64. The lowest BCUT2D eigenvalue weighted by Crippen LogP contribution is -2.37. The van der Waals surface area contributed by atoms with E-state index in [1.54, 1.807) is 0 Å². The predicted octanol–water partition coefficient (Wildman–Crippen LogP) is 5.08. The van der Waals surface area contributed by atoms with Crippen LogP contribution in [0.3, 0.4) is 0 Å². The number of aromatic nitrogens is 2. The van der Waals surface area contributed by atoms with Crippen molar-refractivity contribution in [1.29, 1.82) is 0 Å². The number of rotatable bonds is 3. The van der Waals surface area contributed by atoms with E-state index in [0.717, 1.165) is 22.2 Å². The van der Waals surface area contributed by atoms with E-state index in [-0.39, 0.29) is 5.41 Å². The van der Waals surface area contributed by atoms with Gasteiger partial charge in [0.25, 0.3) is 0 Å². The van der Waals surface area contributed by atoms with Crippen molar-refractivity contribution < 1.29 is 0 Å². The van der Waals surface area contributed by atoms with Crippen LogP contribution in [0.4, 0.5) is 0 Å². The molecule has 0 spiro atoms. The molecule has 1 aromatic carbocycles. The van der Waals surface area contributed by atoms with Gasteiger partial charge in [-0.05, 0) is 53.8 Å². The SMILES string of the molecule is Clc1nc(C2(c3ccccc3)CCC2)nc(C2CC2)c1I. The zero-order valence-corrected chi connectivity index (χ0v) is 14.6. The zero-order valence-electron chi connectivity index (χ0n) is 11.6. The minimum Gasteiger partial charge on any atom is -0.235 e. The van der Waals surface area contributed by atoms with Gasteiger partial charge in [-0.25, -0.2) is 9.97 Å². The smallest absolute Gasteiger partial charge is 0.146 e. The quantitative estimate of drug-likeness (QED) is 0.521. The van der Waals surface area contributed by atoms with Gasteiger partial charge in [0, 0.05) is 5.92 Å². The molecule has 2 nitrogen and oxygen atoms in total. The van der Waals surface area contributed by atoms with E-state index in [9.17, 15) is 0 Å². The molecule has 0 N–H and O–H groups in total. The third kappa shape index (κ3) is 2.29. The molecule has 2 aliphatic carbocycles. The molecule has 4 heteroatoms. The molecular weight excluding hydrogens is 395 g/mol. The molecule has 0 aliphatic heterocycles. The van der Waals surface area contributed by atoms with E-state index in [1.165, 1.54) is 30.5 Å². The number of hydrogen-bond acceptors (Lipinski definition) is 2. The lowest BCUT2D eigenvalue weighted by Gasteiger charge is -2.41. The topological polar surface area (TPSA) is 25.8 Å². The van der Waals surface area contributed by atoms with Gasteiger partial charge in [0.05, 0.1) is 14.7 Å². The minimum atomic E-state index is -0.0150. The molecule has 4 rings (SSSR count). The molecule has 21 heavy (non-hydrogen) atoms. The average molecular weight is 411 g/mol. The van der Waals surface area contributed by atoms with E-state index in [1.807, 2.05) is 0 Å². The van der Waals surface area contributed by atoms with E-state index in [0.29, 0.717) is 11.1 Å². The highest BCUT2D eigenvalue weighted by molar-refractivity contribution is 14.1. The fourth-order valence-electron chi connectivity index (χ4n) is 3.21. The van der Waals surface area contributed by atoms with Crippen molar-refractivity contribution in [2.24, 2.45) is 0 Å². The molecule has 0 saturated heterocycles. The molecule has 2 saturated carbocycles. The second-order valence-electron chi connectivity index (χ2n) is 6.11. The van der Waals surface area contributed by atoms with Crippen LogP contribution in [0.5, 0.6) is 0 Å². The van der Waals surface area contributed by atoms with Crippen molar-refractivity contribution in [2.45, 2.75) is 43.4 Å². The van der Waals surface area contributed by atoms with Crippen molar-refractivity contribution in [3.8, 4) is 0 Å². The summed E-state index contributed by atoms with van der Waals surface area (Å²) >= 11 is 8.70. The maximum Gasteiger partial charge on any atom is 0.146 e. The summed E-state index contributed by atoms with van der Waals surface area (Å²) < 4.78 is 1.04. The molecular formula is C17H16ClIN2. The summed E-state index contributed by atoms with van der Waals surface area (Å²) in [5.41, 5.74) is 2.49. The molecule has 1 aromatic heterocycles. The second kappa shape index (κ2) is 5.20. The van der Waals surface area contributed by atoms with Gasteiger partial charge in [-0.2, -0.15) is 0 Å². The number of benzene rings is 1. The fourth-order valence-corrected chi connectivity index (χ4v) is 4.06. The Hall–Kier alpha value is -0.680. The number of halogens is 2. The fraction of sp³-hybridized carbons (Fsp3) is 0.412. The summed E-state index contributed by atoms with van der Waals surface area (Å²) in [7, 11) is 0. The van der Waals surface area contributed by atoms with Crippen molar-refractivity contribution in [1.82, 2.24) is 9.97 Å². The van der Waals surface area contributed by atoms with Gasteiger partial charge in [0.15, 0.2) is 0 Å². The van der Waals surface area contributed by atoms with Gasteiger partial charge in [0.1, 0.15) is 11.0 Å². The summed E-state index contributed by atoms with van der Waals surface area (Å²) in [5, 5.41) is 0.629. The number of nitrogens with zero attached hydrogens (tertiary/aromatic N) is 2. The van der Waals surface area contributed by atoms with Crippen LogP contribution >= 0.6 is 34.2 Å². The Balaban J connectivity index is 1.85. The first-order valence-electron chi connectivity index (χ1n) is 7.50. The van der Waals surface area contributed by atoms with Crippen LogP contribution in [0.1, 0.15) is 55.1 Å². The normalized spacial score (nSPS) is 20.1.